The molecule has 0 aromatic rings. The molecule has 3 fully saturated rings. The summed E-state index contributed by atoms with van der Waals surface area (Å²) in [5.41, 5.74) is 2.14. The van der Waals surface area contributed by atoms with Crippen LogP contribution >= 0.6 is 7.82 Å². The molecule has 8 nitrogen and oxygen atoms in total. The Morgan fingerprint density at radius 3 is 2.43 bits per heavy atom. The summed E-state index contributed by atoms with van der Waals surface area (Å²) in [4.78, 5) is 22.3. The molecular weight excluding hydrogens is 577 g/mol. The van der Waals surface area contributed by atoms with E-state index in [1.54, 1.807) is 0 Å². The zero-order valence-electron chi connectivity index (χ0n) is 29.0. The van der Waals surface area contributed by atoms with Gasteiger partial charge in [-0.05, 0) is 91.3 Å². The van der Waals surface area contributed by atoms with Crippen molar-refractivity contribution >= 4 is 14.0 Å². The van der Waals surface area contributed by atoms with Crippen LogP contribution in [0.1, 0.15) is 105 Å². The van der Waals surface area contributed by atoms with Gasteiger partial charge in [0.05, 0.1) is 27.7 Å². The molecular formula is C35H63NO7P+. The highest BCUT2D eigenvalue weighted by Gasteiger charge is 2.59. The number of ether oxygens (including phenoxy) is 2. The van der Waals surface area contributed by atoms with Gasteiger partial charge in [-0.15, -0.1) is 0 Å². The Hall–Kier alpha value is -0.920. The number of carbonyl (C=O) groups excluding carboxylic acids is 1. The van der Waals surface area contributed by atoms with E-state index in [-0.39, 0.29) is 31.3 Å². The first-order valence-electron chi connectivity index (χ1n) is 17.5. The van der Waals surface area contributed by atoms with Gasteiger partial charge in [0, 0.05) is 6.42 Å². The monoisotopic (exact) mass is 640 g/mol. The van der Waals surface area contributed by atoms with Gasteiger partial charge in [-0.1, -0.05) is 65.5 Å². The van der Waals surface area contributed by atoms with Gasteiger partial charge in [0.15, 0.2) is 0 Å². The van der Waals surface area contributed by atoms with Gasteiger partial charge in [-0.2, -0.15) is 0 Å². The fourth-order valence-corrected chi connectivity index (χ4v) is 10.4. The second-order valence-electron chi connectivity index (χ2n) is 16.5. The molecule has 4 aliphatic rings. The molecule has 44 heavy (non-hydrogen) atoms. The van der Waals surface area contributed by atoms with Crippen molar-refractivity contribution in [2.75, 3.05) is 47.5 Å². The molecule has 0 heterocycles. The summed E-state index contributed by atoms with van der Waals surface area (Å²) in [6.45, 7) is 12.6. The SMILES string of the molecule is CC(C)CCC[C@@H](C)[C@H]1CCC2C3CC=C4C[C@@H](OC(=O)OCCOP(=O)(O)OCC[N+](C)(C)C)CC[C@]4(C)C3CC[C@@]21C. The highest BCUT2D eigenvalue weighted by atomic mass is 31.2. The van der Waals surface area contributed by atoms with Gasteiger partial charge >= 0.3 is 14.0 Å². The Morgan fingerprint density at radius 1 is 1.00 bits per heavy atom. The normalized spacial score (nSPS) is 35.6. The van der Waals surface area contributed by atoms with E-state index in [9.17, 15) is 14.3 Å². The van der Waals surface area contributed by atoms with E-state index in [1.807, 2.05) is 21.1 Å². The largest absolute Gasteiger partial charge is 0.508 e. The molecule has 3 saturated carbocycles. The molecule has 4 unspecified atom stereocenters. The first-order valence-corrected chi connectivity index (χ1v) is 19.0. The zero-order chi connectivity index (χ0) is 32.3. The number of carbonyl (C=O) groups is 1. The Labute approximate surface area is 267 Å². The van der Waals surface area contributed by atoms with Crippen LogP contribution in [0.5, 0.6) is 0 Å². The summed E-state index contributed by atoms with van der Waals surface area (Å²) in [6, 6.07) is 0. The van der Waals surface area contributed by atoms with Gasteiger partial charge in [0.25, 0.3) is 0 Å². The average Bonchev–Trinajstić information content (AvgIpc) is 3.27. The number of rotatable bonds is 14. The third-order valence-corrected chi connectivity index (χ3v) is 13.1. The minimum atomic E-state index is -4.19. The number of quaternary nitrogens is 1. The van der Waals surface area contributed by atoms with Crippen LogP contribution in [0.15, 0.2) is 11.6 Å². The molecule has 0 radical (unpaired) electrons. The van der Waals surface area contributed by atoms with Crippen molar-refractivity contribution in [3.63, 3.8) is 0 Å². The van der Waals surface area contributed by atoms with Crippen molar-refractivity contribution in [3.05, 3.63) is 11.6 Å². The predicted octanol–water partition coefficient (Wildman–Crippen LogP) is 8.39. The second-order valence-corrected chi connectivity index (χ2v) is 18.0. The predicted molar refractivity (Wildman–Crippen MR) is 174 cm³/mol. The Bertz CT molecular complexity index is 1060. The number of nitrogens with zero attached hydrogens (tertiary/aromatic N) is 1. The summed E-state index contributed by atoms with van der Waals surface area (Å²) in [7, 11) is 1.71. The highest BCUT2D eigenvalue weighted by Crippen LogP contribution is 2.67. The lowest BCUT2D eigenvalue weighted by molar-refractivity contribution is -0.870. The molecule has 0 amide bonds. The molecule has 254 valence electrons. The lowest BCUT2D eigenvalue weighted by atomic mass is 9.47. The standard InChI is InChI=1S/C35H62NO7P/c1-25(2)10-9-11-26(3)30-14-15-31-29-13-12-27-24-28(16-18-34(27,4)32(29)17-19-35(30,31)5)43-33(37)40-22-23-42-44(38,39)41-21-20-36(6,7)8/h12,25-26,28-32H,9-11,13-24H2,1-8H3/p+1/t26-,28+,29?,30-,31?,32?,34+,35-/m1/s1. The number of likely N-dealkylation sites (N-methyl/N-ethyl adjacent to an activating group) is 1. The molecule has 0 spiro atoms. The van der Waals surface area contributed by atoms with Crippen molar-refractivity contribution in [1.82, 2.24) is 0 Å². The molecule has 0 aromatic carbocycles. The van der Waals surface area contributed by atoms with Crippen molar-refractivity contribution in [3.8, 4) is 0 Å². The van der Waals surface area contributed by atoms with Crippen LogP contribution < -0.4 is 0 Å². The molecule has 0 saturated heterocycles. The molecule has 0 aromatic heterocycles. The van der Waals surface area contributed by atoms with Gasteiger partial charge in [0.1, 0.15) is 25.9 Å². The maximum absolute atomic E-state index is 12.4. The Kier molecular flexibility index (Phi) is 11.8. The molecule has 0 aliphatic heterocycles. The summed E-state index contributed by atoms with van der Waals surface area (Å²) >= 11 is 0. The number of hydrogen-bond donors (Lipinski definition) is 1. The van der Waals surface area contributed by atoms with Gasteiger partial charge in [-0.25, -0.2) is 9.36 Å². The molecule has 1 N–H and O–H groups in total. The van der Waals surface area contributed by atoms with Crippen molar-refractivity contribution in [2.45, 2.75) is 111 Å². The van der Waals surface area contributed by atoms with E-state index in [2.05, 4.69) is 40.7 Å². The van der Waals surface area contributed by atoms with E-state index >= 15 is 0 Å². The second kappa shape index (κ2) is 14.5. The third-order valence-electron chi connectivity index (χ3n) is 12.1. The Morgan fingerprint density at radius 2 is 1.73 bits per heavy atom. The number of fused-ring (bicyclic) bond motifs is 5. The number of phosphoric acid groups is 1. The van der Waals surface area contributed by atoms with Crippen molar-refractivity contribution in [1.29, 1.82) is 0 Å². The van der Waals surface area contributed by atoms with E-state index in [1.165, 1.54) is 50.5 Å². The highest BCUT2D eigenvalue weighted by molar-refractivity contribution is 7.47. The lowest BCUT2D eigenvalue weighted by Gasteiger charge is -2.58. The first kappa shape index (κ1) is 35.9. The fraction of sp³-hybridized carbons (Fsp3) is 0.914. The molecule has 9 atom stereocenters. The van der Waals surface area contributed by atoms with Crippen LogP contribution in [0.25, 0.3) is 0 Å². The van der Waals surface area contributed by atoms with Crippen LogP contribution in [-0.2, 0) is 23.1 Å². The number of hydrogen-bond acceptors (Lipinski definition) is 6. The minimum Gasteiger partial charge on any atom is -0.432 e. The zero-order valence-corrected chi connectivity index (χ0v) is 29.9. The molecule has 9 heteroatoms. The molecule has 0 bridgehead atoms. The van der Waals surface area contributed by atoms with E-state index in [4.69, 9.17) is 18.5 Å². The molecule has 4 rings (SSSR count). The van der Waals surface area contributed by atoms with E-state index in [0.29, 0.717) is 16.4 Å². The van der Waals surface area contributed by atoms with Crippen molar-refractivity contribution in [2.24, 2.45) is 46.3 Å². The smallest absolute Gasteiger partial charge is 0.432 e. The van der Waals surface area contributed by atoms with Crippen LogP contribution in [0.4, 0.5) is 4.79 Å². The minimum absolute atomic E-state index is 0.0937. The van der Waals surface area contributed by atoms with Crippen LogP contribution in [-0.4, -0.2) is 69.1 Å². The first-order chi connectivity index (χ1) is 20.5. The topological polar surface area (TPSA) is 91.3 Å². The fourth-order valence-electron chi connectivity index (χ4n) is 9.67. The van der Waals surface area contributed by atoms with Crippen molar-refractivity contribution < 1.29 is 37.3 Å². The van der Waals surface area contributed by atoms with Gasteiger partial charge in [0.2, 0.25) is 0 Å². The third kappa shape index (κ3) is 8.70. The van der Waals surface area contributed by atoms with Gasteiger partial charge < -0.3 is 18.9 Å². The summed E-state index contributed by atoms with van der Waals surface area (Å²) in [6.07, 6.45) is 15.0. The maximum atomic E-state index is 12.4. The molecule has 4 aliphatic carbocycles. The number of allylic oxidation sites excluding steroid dienone is 1. The summed E-state index contributed by atoms with van der Waals surface area (Å²) in [5, 5.41) is 0. The summed E-state index contributed by atoms with van der Waals surface area (Å²) in [5.74, 6) is 4.82. The maximum Gasteiger partial charge on any atom is 0.508 e. The van der Waals surface area contributed by atoms with Crippen LogP contribution in [0.3, 0.4) is 0 Å². The van der Waals surface area contributed by atoms with E-state index < -0.39 is 14.0 Å². The quantitative estimate of drug-likeness (QED) is 0.0670. The van der Waals surface area contributed by atoms with Crippen LogP contribution in [0, 0.1) is 46.3 Å². The lowest BCUT2D eigenvalue weighted by Crippen LogP contribution is -2.51. The summed E-state index contributed by atoms with van der Waals surface area (Å²) < 4.78 is 33.4. The number of phosphoric ester groups is 1. The van der Waals surface area contributed by atoms with Crippen LogP contribution in [0.2, 0.25) is 0 Å². The van der Waals surface area contributed by atoms with E-state index in [0.717, 1.165) is 61.2 Å². The average molecular weight is 641 g/mol. The van der Waals surface area contributed by atoms with Gasteiger partial charge in [-0.3, -0.25) is 9.05 Å². The Balaban J connectivity index is 1.24.